The summed E-state index contributed by atoms with van der Waals surface area (Å²) in [7, 11) is 0. The lowest BCUT2D eigenvalue weighted by Crippen LogP contribution is -2.32. The number of nitrogens with zero attached hydrogens (tertiary/aromatic N) is 1. The Morgan fingerprint density at radius 2 is 1.78 bits per heavy atom. The number of carbonyl (C=O) groups is 3. The number of amides is 3. The summed E-state index contributed by atoms with van der Waals surface area (Å²) in [6.45, 7) is 4.02. The molecule has 9 heteroatoms. The van der Waals surface area contributed by atoms with Gasteiger partial charge in [-0.05, 0) is 79.2 Å². The highest BCUT2D eigenvalue weighted by molar-refractivity contribution is 8.18. The quantitative estimate of drug-likeness (QED) is 0.333. The molecule has 0 unspecified atom stereocenters. The summed E-state index contributed by atoms with van der Waals surface area (Å²) in [5, 5.41) is 2.96. The summed E-state index contributed by atoms with van der Waals surface area (Å²) in [6.07, 6.45) is 1.63. The van der Waals surface area contributed by atoms with Crippen LogP contribution in [0.3, 0.4) is 0 Å². The van der Waals surface area contributed by atoms with Crippen LogP contribution in [0.4, 0.5) is 10.5 Å². The minimum Gasteiger partial charge on any atom is -0.492 e. The molecule has 0 aliphatic carbocycles. The van der Waals surface area contributed by atoms with Gasteiger partial charge >= 0.3 is 0 Å². The lowest BCUT2D eigenvalue weighted by Gasteiger charge is -2.13. The monoisotopic (exact) mass is 536 g/mol. The number of hydrogen-bond donors (Lipinski definition) is 1. The molecular formula is C28H25ClN2O5S. The second kappa shape index (κ2) is 12.0. The van der Waals surface area contributed by atoms with E-state index in [1.165, 1.54) is 4.90 Å². The third-order valence-corrected chi connectivity index (χ3v) is 6.77. The van der Waals surface area contributed by atoms with Crippen LogP contribution in [0.5, 0.6) is 11.5 Å². The van der Waals surface area contributed by atoms with E-state index >= 15 is 0 Å². The standard InChI is InChI=1S/C28H25ClN2O5S/c1-18-6-10-22(11-7-18)35-13-12-31-27(33)25(37-28(31)34)15-20-4-3-5-23(14-20)36-17-26(32)30-21-9-8-19(2)24(29)16-21/h3-11,14-16H,12-13,17H2,1-2H3,(H,30,32)/b25-15-. The molecule has 1 aliphatic heterocycles. The van der Waals surface area contributed by atoms with E-state index in [-0.39, 0.29) is 36.8 Å². The average molecular weight is 537 g/mol. The average Bonchev–Trinajstić information content (AvgIpc) is 3.14. The van der Waals surface area contributed by atoms with E-state index in [1.807, 2.05) is 44.2 Å². The van der Waals surface area contributed by atoms with Crippen molar-refractivity contribution in [2.45, 2.75) is 13.8 Å². The minimum absolute atomic E-state index is 0.153. The van der Waals surface area contributed by atoms with Crippen LogP contribution >= 0.6 is 23.4 Å². The molecule has 1 saturated heterocycles. The molecule has 3 aromatic carbocycles. The lowest BCUT2D eigenvalue weighted by atomic mass is 10.2. The van der Waals surface area contributed by atoms with Crippen LogP contribution in [-0.2, 0) is 9.59 Å². The maximum atomic E-state index is 12.8. The highest BCUT2D eigenvalue weighted by Crippen LogP contribution is 2.32. The Hall–Kier alpha value is -3.75. The van der Waals surface area contributed by atoms with Gasteiger partial charge in [-0.15, -0.1) is 0 Å². The first kappa shape index (κ1) is 26.3. The molecule has 3 aromatic rings. The zero-order valence-electron chi connectivity index (χ0n) is 20.3. The number of carbonyl (C=O) groups excluding carboxylic acids is 3. The molecule has 1 N–H and O–H groups in total. The van der Waals surface area contributed by atoms with E-state index in [2.05, 4.69) is 5.32 Å². The predicted molar refractivity (Wildman–Crippen MR) is 146 cm³/mol. The number of rotatable bonds is 9. The van der Waals surface area contributed by atoms with Gasteiger partial charge in [-0.2, -0.15) is 0 Å². The molecular weight excluding hydrogens is 512 g/mol. The van der Waals surface area contributed by atoms with E-state index in [0.717, 1.165) is 22.9 Å². The highest BCUT2D eigenvalue weighted by Gasteiger charge is 2.34. The maximum absolute atomic E-state index is 12.8. The number of halogens is 1. The van der Waals surface area contributed by atoms with E-state index in [0.29, 0.717) is 32.7 Å². The van der Waals surface area contributed by atoms with Gasteiger partial charge in [-0.3, -0.25) is 19.3 Å². The maximum Gasteiger partial charge on any atom is 0.293 e. The zero-order chi connectivity index (χ0) is 26.4. The van der Waals surface area contributed by atoms with Crippen LogP contribution in [0.25, 0.3) is 6.08 Å². The molecule has 7 nitrogen and oxygen atoms in total. The summed E-state index contributed by atoms with van der Waals surface area (Å²) in [5.74, 6) is 0.433. The number of ether oxygens (including phenoxy) is 2. The molecule has 0 spiro atoms. The topological polar surface area (TPSA) is 84.9 Å². The van der Waals surface area contributed by atoms with Crippen LogP contribution in [-0.4, -0.2) is 41.7 Å². The van der Waals surface area contributed by atoms with Crippen molar-refractivity contribution >= 4 is 52.2 Å². The van der Waals surface area contributed by atoms with Crippen LogP contribution in [0.1, 0.15) is 16.7 Å². The zero-order valence-corrected chi connectivity index (χ0v) is 21.9. The number of imide groups is 1. The van der Waals surface area contributed by atoms with Crippen molar-refractivity contribution in [3.8, 4) is 11.5 Å². The van der Waals surface area contributed by atoms with E-state index in [9.17, 15) is 14.4 Å². The fourth-order valence-electron chi connectivity index (χ4n) is 3.44. The van der Waals surface area contributed by atoms with E-state index in [1.54, 1.807) is 42.5 Å². The van der Waals surface area contributed by atoms with Crippen molar-refractivity contribution in [3.05, 3.63) is 93.3 Å². The Kier molecular flexibility index (Phi) is 8.53. The van der Waals surface area contributed by atoms with Gasteiger partial charge in [-0.1, -0.05) is 47.5 Å². The molecule has 37 heavy (non-hydrogen) atoms. The second-order valence-corrected chi connectivity index (χ2v) is 9.77. The Bertz CT molecular complexity index is 1360. The first-order chi connectivity index (χ1) is 17.8. The van der Waals surface area contributed by atoms with Crippen LogP contribution in [0, 0.1) is 13.8 Å². The molecule has 0 bridgehead atoms. The van der Waals surface area contributed by atoms with Gasteiger partial charge in [0.1, 0.15) is 18.1 Å². The van der Waals surface area contributed by atoms with Crippen molar-refractivity contribution < 1.29 is 23.9 Å². The largest absolute Gasteiger partial charge is 0.492 e. The van der Waals surface area contributed by atoms with Gasteiger partial charge in [0.05, 0.1) is 11.4 Å². The number of aryl methyl sites for hydroxylation is 2. The Balaban J connectivity index is 1.31. The van der Waals surface area contributed by atoms with Crippen molar-refractivity contribution in [1.29, 1.82) is 0 Å². The summed E-state index contributed by atoms with van der Waals surface area (Å²) in [5.41, 5.74) is 3.29. The molecule has 0 radical (unpaired) electrons. The molecule has 190 valence electrons. The first-order valence-corrected chi connectivity index (χ1v) is 12.7. The number of hydrogen-bond acceptors (Lipinski definition) is 6. The minimum atomic E-state index is -0.370. The van der Waals surface area contributed by atoms with E-state index < -0.39 is 0 Å². The fourth-order valence-corrected chi connectivity index (χ4v) is 4.49. The van der Waals surface area contributed by atoms with Gasteiger partial charge in [0.2, 0.25) is 0 Å². The van der Waals surface area contributed by atoms with E-state index in [4.69, 9.17) is 21.1 Å². The van der Waals surface area contributed by atoms with Gasteiger partial charge < -0.3 is 14.8 Å². The van der Waals surface area contributed by atoms with Gasteiger partial charge in [0.25, 0.3) is 17.1 Å². The molecule has 0 atom stereocenters. The Morgan fingerprint density at radius 3 is 2.54 bits per heavy atom. The first-order valence-electron chi connectivity index (χ1n) is 11.5. The molecule has 0 aromatic heterocycles. The summed E-state index contributed by atoms with van der Waals surface area (Å²) >= 11 is 6.98. The van der Waals surface area contributed by atoms with Crippen molar-refractivity contribution in [2.75, 3.05) is 25.1 Å². The second-order valence-electron chi connectivity index (χ2n) is 8.37. The fraction of sp³-hybridized carbons (Fsp3) is 0.179. The summed E-state index contributed by atoms with van der Waals surface area (Å²) < 4.78 is 11.3. The lowest BCUT2D eigenvalue weighted by molar-refractivity contribution is -0.123. The molecule has 1 fully saturated rings. The molecule has 1 heterocycles. The molecule has 4 rings (SSSR count). The van der Waals surface area contributed by atoms with Gasteiger partial charge in [0.15, 0.2) is 6.61 Å². The van der Waals surface area contributed by atoms with Crippen LogP contribution < -0.4 is 14.8 Å². The number of benzene rings is 3. The molecule has 3 amide bonds. The van der Waals surface area contributed by atoms with Crippen molar-refractivity contribution in [2.24, 2.45) is 0 Å². The molecule has 0 saturated carbocycles. The Morgan fingerprint density at radius 1 is 1.00 bits per heavy atom. The smallest absolute Gasteiger partial charge is 0.293 e. The van der Waals surface area contributed by atoms with Gasteiger partial charge in [0, 0.05) is 10.7 Å². The number of nitrogens with one attached hydrogen (secondary N) is 1. The SMILES string of the molecule is Cc1ccc(OCCN2C(=O)S/C(=C\c3cccc(OCC(=O)Nc4ccc(C)c(Cl)c4)c3)C2=O)cc1. The third kappa shape index (κ3) is 7.15. The van der Waals surface area contributed by atoms with Crippen molar-refractivity contribution in [3.63, 3.8) is 0 Å². The highest BCUT2D eigenvalue weighted by atomic mass is 35.5. The number of thioether (sulfide) groups is 1. The normalized spacial score (nSPS) is 14.2. The molecule has 1 aliphatic rings. The third-order valence-electron chi connectivity index (χ3n) is 5.46. The van der Waals surface area contributed by atoms with Gasteiger partial charge in [-0.25, -0.2) is 0 Å². The van der Waals surface area contributed by atoms with Crippen LogP contribution in [0.2, 0.25) is 5.02 Å². The summed E-state index contributed by atoms with van der Waals surface area (Å²) in [6, 6.07) is 19.8. The number of anilines is 1. The van der Waals surface area contributed by atoms with Crippen molar-refractivity contribution in [1.82, 2.24) is 4.90 Å². The Labute approximate surface area is 224 Å². The summed E-state index contributed by atoms with van der Waals surface area (Å²) in [4.78, 5) is 38.9. The van der Waals surface area contributed by atoms with Crippen LogP contribution in [0.15, 0.2) is 71.6 Å². The predicted octanol–water partition coefficient (Wildman–Crippen LogP) is 6.09.